The molecule has 20 heavy (non-hydrogen) atoms. The van der Waals surface area contributed by atoms with E-state index in [9.17, 15) is 0 Å². The van der Waals surface area contributed by atoms with Crippen LogP contribution in [-0.4, -0.2) is 0 Å². The SMILES string of the molecule is [2H]c1cc(-c2cc(C(C)(C)C)ccc2C(C)(C)C)c([2H])c([2H])c1[2H]. The standard InChI is InChI=1S/C20H26/c1-19(2,3)16-12-13-18(20(4,5)6)17(14-16)15-10-8-7-9-11-15/h7-14H,1-6H3/i7D,8D,9D,10D. The highest BCUT2D eigenvalue weighted by molar-refractivity contribution is 5.70. The summed E-state index contributed by atoms with van der Waals surface area (Å²) in [5, 5.41) is 0. The number of hydrogen-bond acceptors (Lipinski definition) is 0. The van der Waals surface area contributed by atoms with Gasteiger partial charge in [0, 0.05) is 0 Å². The van der Waals surface area contributed by atoms with Gasteiger partial charge in [0.25, 0.3) is 0 Å². The van der Waals surface area contributed by atoms with Crippen LogP contribution in [0.4, 0.5) is 0 Å². The summed E-state index contributed by atoms with van der Waals surface area (Å²) in [5.74, 6) is 0. The van der Waals surface area contributed by atoms with Gasteiger partial charge >= 0.3 is 0 Å². The summed E-state index contributed by atoms with van der Waals surface area (Å²) in [4.78, 5) is 0. The van der Waals surface area contributed by atoms with Crippen molar-refractivity contribution in [2.45, 2.75) is 52.4 Å². The molecule has 2 rings (SSSR count). The van der Waals surface area contributed by atoms with E-state index in [-0.39, 0.29) is 35.0 Å². The quantitative estimate of drug-likeness (QED) is 0.600. The van der Waals surface area contributed by atoms with Gasteiger partial charge in [0.15, 0.2) is 0 Å². The molecule has 0 aromatic heterocycles. The smallest absolute Gasteiger partial charge is 0.0622 e. The maximum Gasteiger partial charge on any atom is 0.0629 e. The van der Waals surface area contributed by atoms with E-state index < -0.39 is 0 Å². The molecule has 0 heteroatoms. The largest absolute Gasteiger partial charge is 0.0629 e. The summed E-state index contributed by atoms with van der Waals surface area (Å²) in [5.41, 5.74) is 3.54. The second-order valence-corrected chi connectivity index (χ2v) is 7.34. The molecule has 0 saturated carbocycles. The van der Waals surface area contributed by atoms with Gasteiger partial charge in [-0.15, -0.1) is 0 Å². The van der Waals surface area contributed by atoms with Crippen LogP contribution < -0.4 is 0 Å². The maximum absolute atomic E-state index is 8.31. The lowest BCUT2D eigenvalue weighted by Gasteiger charge is -2.27. The fraction of sp³-hybridized carbons (Fsp3) is 0.400. The van der Waals surface area contributed by atoms with E-state index in [4.69, 9.17) is 5.48 Å². The monoisotopic (exact) mass is 270 g/mol. The fourth-order valence-corrected chi connectivity index (χ4v) is 2.31. The van der Waals surface area contributed by atoms with Crippen LogP contribution in [0.1, 0.15) is 58.2 Å². The van der Waals surface area contributed by atoms with Crippen LogP contribution >= 0.6 is 0 Å². The van der Waals surface area contributed by atoms with Gasteiger partial charge in [0.2, 0.25) is 0 Å². The van der Waals surface area contributed by atoms with Gasteiger partial charge in [0.1, 0.15) is 0 Å². The minimum atomic E-state index is -0.187. The first-order valence-corrected chi connectivity index (χ1v) is 7.07. The number of benzene rings is 2. The summed E-state index contributed by atoms with van der Waals surface area (Å²) >= 11 is 0. The fourth-order valence-electron chi connectivity index (χ4n) is 2.31. The molecule has 0 nitrogen and oxygen atoms in total. The molecule has 0 radical (unpaired) electrons. The van der Waals surface area contributed by atoms with Crippen LogP contribution in [0, 0.1) is 0 Å². The molecule has 0 aliphatic heterocycles. The van der Waals surface area contributed by atoms with Gasteiger partial charge in [-0.1, -0.05) is 90.0 Å². The van der Waals surface area contributed by atoms with Crippen molar-refractivity contribution in [1.29, 1.82) is 0 Å². The minimum absolute atomic E-state index is 0.00739. The lowest BCUT2D eigenvalue weighted by molar-refractivity contribution is 0.578. The molecule has 0 aliphatic rings. The van der Waals surface area contributed by atoms with E-state index in [1.54, 1.807) is 6.07 Å². The molecule has 0 amide bonds. The lowest BCUT2D eigenvalue weighted by Crippen LogP contribution is -2.16. The van der Waals surface area contributed by atoms with Crippen molar-refractivity contribution in [3.8, 4) is 11.1 Å². The molecule has 0 aliphatic carbocycles. The summed E-state index contributed by atoms with van der Waals surface area (Å²) in [6.07, 6.45) is 0. The highest BCUT2D eigenvalue weighted by atomic mass is 14.3. The molecule has 2 aromatic rings. The third kappa shape index (κ3) is 3.12. The van der Waals surface area contributed by atoms with E-state index in [0.29, 0.717) is 5.56 Å². The Morgan fingerprint density at radius 3 is 2.10 bits per heavy atom. The van der Waals surface area contributed by atoms with Gasteiger partial charge in [-0.25, -0.2) is 0 Å². The van der Waals surface area contributed by atoms with E-state index in [1.807, 2.05) is 0 Å². The lowest BCUT2D eigenvalue weighted by atomic mass is 9.78. The molecule has 2 aromatic carbocycles. The summed E-state index contributed by atoms with van der Waals surface area (Å²) < 4.78 is 32.0. The van der Waals surface area contributed by atoms with E-state index in [2.05, 4.69) is 59.7 Å². The van der Waals surface area contributed by atoms with Crippen LogP contribution in [0.25, 0.3) is 11.1 Å². The van der Waals surface area contributed by atoms with Gasteiger partial charge < -0.3 is 0 Å². The van der Waals surface area contributed by atoms with Crippen LogP contribution in [-0.2, 0) is 10.8 Å². The van der Waals surface area contributed by atoms with E-state index >= 15 is 0 Å². The van der Waals surface area contributed by atoms with Crippen LogP contribution in [0.3, 0.4) is 0 Å². The predicted octanol–water partition coefficient (Wildman–Crippen LogP) is 5.95. The van der Waals surface area contributed by atoms with Crippen molar-refractivity contribution < 1.29 is 5.48 Å². The zero-order chi connectivity index (χ0) is 18.4. The third-order valence-corrected chi connectivity index (χ3v) is 3.53. The first kappa shape index (κ1) is 10.2. The van der Waals surface area contributed by atoms with Crippen molar-refractivity contribution in [1.82, 2.24) is 0 Å². The molecular formula is C20H26. The Morgan fingerprint density at radius 1 is 0.800 bits per heavy atom. The van der Waals surface area contributed by atoms with E-state index in [0.717, 1.165) is 16.7 Å². The van der Waals surface area contributed by atoms with Crippen LogP contribution in [0.5, 0.6) is 0 Å². The van der Waals surface area contributed by atoms with Crippen molar-refractivity contribution in [2.24, 2.45) is 0 Å². The van der Waals surface area contributed by atoms with Crippen molar-refractivity contribution in [3.63, 3.8) is 0 Å². The Labute approximate surface area is 129 Å². The summed E-state index contributed by atoms with van der Waals surface area (Å²) in [7, 11) is 0. The van der Waals surface area contributed by atoms with Crippen molar-refractivity contribution >= 4 is 0 Å². The molecule has 0 bridgehead atoms. The molecule has 0 unspecified atom stereocenters. The second kappa shape index (κ2) is 5.09. The van der Waals surface area contributed by atoms with Gasteiger partial charge in [-0.3, -0.25) is 0 Å². The Hall–Kier alpha value is -1.56. The second-order valence-electron chi connectivity index (χ2n) is 7.34. The van der Waals surface area contributed by atoms with Crippen molar-refractivity contribution in [2.75, 3.05) is 0 Å². The molecular weight excluding hydrogens is 240 g/mol. The Bertz CT molecular complexity index is 778. The number of hydrogen-bond donors (Lipinski definition) is 0. The number of rotatable bonds is 1. The predicted molar refractivity (Wildman–Crippen MR) is 89.3 cm³/mol. The molecule has 0 atom stereocenters. The highest BCUT2D eigenvalue weighted by Gasteiger charge is 2.21. The maximum atomic E-state index is 8.31. The van der Waals surface area contributed by atoms with Gasteiger partial charge in [-0.05, 0) is 33.1 Å². The Kier molecular flexibility index (Phi) is 2.60. The van der Waals surface area contributed by atoms with Crippen LogP contribution in [0.2, 0.25) is 0 Å². The third-order valence-electron chi connectivity index (χ3n) is 3.53. The first-order valence-electron chi connectivity index (χ1n) is 9.07. The summed E-state index contributed by atoms with van der Waals surface area (Å²) in [6, 6.07) is 7.49. The highest BCUT2D eigenvalue weighted by Crippen LogP contribution is 2.36. The summed E-state index contributed by atoms with van der Waals surface area (Å²) in [6.45, 7) is 12.8. The van der Waals surface area contributed by atoms with E-state index in [1.165, 1.54) is 0 Å². The van der Waals surface area contributed by atoms with Crippen LogP contribution in [0.15, 0.2) is 48.4 Å². The molecule has 0 saturated heterocycles. The van der Waals surface area contributed by atoms with Gasteiger partial charge in [-0.2, -0.15) is 0 Å². The zero-order valence-electron chi connectivity index (χ0n) is 17.3. The molecule has 0 spiro atoms. The van der Waals surface area contributed by atoms with Gasteiger partial charge in [0.05, 0.1) is 5.48 Å². The van der Waals surface area contributed by atoms with Crippen molar-refractivity contribution in [3.05, 3.63) is 59.6 Å². The average Bonchev–Trinajstić information content (AvgIpc) is 2.46. The Morgan fingerprint density at radius 2 is 1.50 bits per heavy atom. The molecule has 0 fully saturated rings. The minimum Gasteiger partial charge on any atom is -0.0622 e. The zero-order valence-corrected chi connectivity index (χ0v) is 13.3. The Balaban J connectivity index is 2.86. The average molecular weight is 270 g/mol. The first-order chi connectivity index (χ1) is 10.8. The molecule has 0 heterocycles. The topological polar surface area (TPSA) is 0 Å². The molecule has 0 N–H and O–H groups in total. The molecule has 106 valence electrons. The normalized spacial score (nSPS) is 15.3.